The van der Waals surface area contributed by atoms with Gasteiger partial charge in [-0.2, -0.15) is 15.0 Å². The molecule has 3 heterocycles. The summed E-state index contributed by atoms with van der Waals surface area (Å²) >= 11 is 5.97. The molecule has 9 nitrogen and oxygen atoms in total. The molecule has 0 aliphatic rings. The molecule has 0 radical (unpaired) electrons. The van der Waals surface area contributed by atoms with Crippen molar-refractivity contribution in [1.29, 1.82) is 0 Å². The van der Waals surface area contributed by atoms with Crippen LogP contribution in [0, 0.1) is 5.82 Å². The maximum absolute atomic E-state index is 12.9. The molecule has 26 heavy (non-hydrogen) atoms. The smallest absolute Gasteiger partial charge is 0.234 e. The molecule has 2 N–H and O–H groups in total. The zero-order valence-electron chi connectivity index (χ0n) is 14.4. The van der Waals surface area contributed by atoms with Gasteiger partial charge in [-0.25, -0.2) is 19.3 Å². The average molecular weight is 378 g/mol. The highest BCUT2D eigenvalue weighted by Gasteiger charge is 2.13. The molecule has 11 heteroatoms. The van der Waals surface area contributed by atoms with Crippen molar-refractivity contribution < 1.29 is 4.39 Å². The summed E-state index contributed by atoms with van der Waals surface area (Å²) in [6, 6.07) is -0.0733. The van der Waals surface area contributed by atoms with E-state index in [0.29, 0.717) is 11.6 Å². The molecule has 0 aliphatic carbocycles. The van der Waals surface area contributed by atoms with Gasteiger partial charge in [0.25, 0.3) is 0 Å². The van der Waals surface area contributed by atoms with Crippen molar-refractivity contribution in [1.82, 2.24) is 34.5 Å². The first-order valence-electron chi connectivity index (χ1n) is 7.87. The topological polar surface area (TPSA) is 106 Å². The van der Waals surface area contributed by atoms with Crippen molar-refractivity contribution in [2.45, 2.75) is 32.9 Å². The number of nitrogens with one attached hydrogen (secondary N) is 2. The number of hydrogen-bond acceptors (Lipinski definition) is 8. The molecule has 0 amide bonds. The predicted molar refractivity (Wildman–Crippen MR) is 94.8 cm³/mol. The van der Waals surface area contributed by atoms with Crippen LogP contribution in [0.25, 0.3) is 0 Å². The molecule has 3 aromatic heterocycles. The van der Waals surface area contributed by atoms with E-state index in [1.165, 1.54) is 0 Å². The molecular formula is C15H17ClFN9. The van der Waals surface area contributed by atoms with Crippen LogP contribution in [0.5, 0.6) is 0 Å². The molecule has 3 aromatic rings. The molecule has 0 unspecified atom stereocenters. The lowest BCUT2D eigenvalue weighted by Gasteiger charge is -2.13. The van der Waals surface area contributed by atoms with E-state index in [1.807, 2.05) is 24.6 Å². The zero-order valence-corrected chi connectivity index (χ0v) is 15.1. The molecule has 1 atom stereocenters. The SMILES string of the molecule is CC(C)n1cnc(Nc2nc(Cl)nc(N[C@@H](C)c3ncc(F)cn3)n2)c1. The third-order valence-corrected chi connectivity index (χ3v) is 3.59. The van der Waals surface area contributed by atoms with Crippen LogP contribution in [0.2, 0.25) is 5.28 Å². The summed E-state index contributed by atoms with van der Waals surface area (Å²) in [5.74, 6) is 0.955. The van der Waals surface area contributed by atoms with E-state index >= 15 is 0 Å². The predicted octanol–water partition coefficient (Wildman–Crippen LogP) is 3.15. The second-order valence-corrected chi connectivity index (χ2v) is 6.14. The second kappa shape index (κ2) is 7.56. The summed E-state index contributed by atoms with van der Waals surface area (Å²) in [6.07, 6.45) is 5.74. The van der Waals surface area contributed by atoms with Crippen LogP contribution in [0.4, 0.5) is 22.1 Å². The van der Waals surface area contributed by atoms with Crippen molar-refractivity contribution >= 4 is 29.3 Å². The molecule has 0 aromatic carbocycles. The third-order valence-electron chi connectivity index (χ3n) is 3.42. The Morgan fingerprint density at radius 1 is 1.04 bits per heavy atom. The lowest BCUT2D eigenvalue weighted by atomic mass is 10.3. The van der Waals surface area contributed by atoms with Gasteiger partial charge in [-0.3, -0.25) is 0 Å². The van der Waals surface area contributed by atoms with Crippen LogP contribution in [0.1, 0.15) is 38.7 Å². The summed E-state index contributed by atoms with van der Waals surface area (Å²) in [5, 5.41) is 6.00. The lowest BCUT2D eigenvalue weighted by Crippen LogP contribution is -2.14. The summed E-state index contributed by atoms with van der Waals surface area (Å²) in [4.78, 5) is 24.4. The minimum absolute atomic E-state index is 0.0144. The van der Waals surface area contributed by atoms with Crippen molar-refractivity contribution in [3.8, 4) is 0 Å². The summed E-state index contributed by atoms with van der Waals surface area (Å²) in [7, 11) is 0. The van der Waals surface area contributed by atoms with Gasteiger partial charge >= 0.3 is 0 Å². The van der Waals surface area contributed by atoms with E-state index in [2.05, 4.69) is 40.5 Å². The van der Waals surface area contributed by atoms with Crippen molar-refractivity contribution in [2.24, 2.45) is 0 Å². The maximum atomic E-state index is 12.9. The Balaban J connectivity index is 1.75. The largest absolute Gasteiger partial charge is 0.344 e. The van der Waals surface area contributed by atoms with Gasteiger partial charge in [0, 0.05) is 12.2 Å². The van der Waals surface area contributed by atoms with Crippen LogP contribution in [-0.2, 0) is 0 Å². The number of aromatic nitrogens is 7. The first kappa shape index (κ1) is 17.9. The van der Waals surface area contributed by atoms with Gasteiger partial charge < -0.3 is 15.2 Å². The zero-order chi connectivity index (χ0) is 18.7. The fraction of sp³-hybridized carbons (Fsp3) is 0.333. The number of anilines is 3. The average Bonchev–Trinajstić information content (AvgIpc) is 3.03. The van der Waals surface area contributed by atoms with E-state index in [9.17, 15) is 4.39 Å². The Kier molecular flexibility index (Phi) is 5.21. The Morgan fingerprint density at radius 3 is 2.38 bits per heavy atom. The number of imidazole rings is 1. The summed E-state index contributed by atoms with van der Waals surface area (Å²) < 4.78 is 14.9. The third kappa shape index (κ3) is 4.39. The standard InChI is InChI=1S/C15H17ClFN9/c1-8(2)26-6-11(20-7-26)22-15-24-13(16)23-14(25-15)21-9(3)12-18-4-10(17)5-19-12/h4-9H,1-3H3,(H2,21,22,23,24,25)/t9-/m0/s1. The minimum atomic E-state index is -0.503. The maximum Gasteiger partial charge on any atom is 0.234 e. The number of nitrogens with zero attached hydrogens (tertiary/aromatic N) is 7. The Labute approximate surface area is 154 Å². The van der Waals surface area contributed by atoms with Crippen LogP contribution in [-0.4, -0.2) is 34.5 Å². The van der Waals surface area contributed by atoms with E-state index in [-0.39, 0.29) is 29.3 Å². The van der Waals surface area contributed by atoms with E-state index in [1.54, 1.807) is 13.3 Å². The van der Waals surface area contributed by atoms with E-state index < -0.39 is 5.82 Å². The van der Waals surface area contributed by atoms with Crippen LogP contribution in [0.3, 0.4) is 0 Å². The second-order valence-electron chi connectivity index (χ2n) is 5.80. The van der Waals surface area contributed by atoms with Crippen LogP contribution >= 0.6 is 11.6 Å². The quantitative estimate of drug-likeness (QED) is 0.674. The fourth-order valence-corrected chi connectivity index (χ4v) is 2.23. The first-order valence-corrected chi connectivity index (χ1v) is 8.24. The molecule has 0 spiro atoms. The molecule has 136 valence electrons. The van der Waals surface area contributed by atoms with Crippen molar-refractivity contribution in [3.05, 3.63) is 41.8 Å². The van der Waals surface area contributed by atoms with Gasteiger partial charge in [0.05, 0.1) is 24.8 Å². The number of halogens is 2. The summed E-state index contributed by atoms with van der Waals surface area (Å²) in [6.45, 7) is 5.89. The molecule has 0 saturated heterocycles. The van der Waals surface area contributed by atoms with E-state index in [4.69, 9.17) is 11.6 Å². The first-order chi connectivity index (χ1) is 12.4. The van der Waals surface area contributed by atoms with Crippen LogP contribution in [0.15, 0.2) is 24.9 Å². The van der Waals surface area contributed by atoms with Gasteiger partial charge in [-0.1, -0.05) is 0 Å². The Morgan fingerprint density at radius 2 is 1.73 bits per heavy atom. The highest BCUT2D eigenvalue weighted by atomic mass is 35.5. The lowest BCUT2D eigenvalue weighted by molar-refractivity contribution is 0.600. The minimum Gasteiger partial charge on any atom is -0.344 e. The molecule has 0 bridgehead atoms. The molecule has 3 rings (SSSR count). The highest BCUT2D eigenvalue weighted by Crippen LogP contribution is 2.18. The van der Waals surface area contributed by atoms with Crippen LogP contribution < -0.4 is 10.6 Å². The van der Waals surface area contributed by atoms with Gasteiger partial charge in [0.15, 0.2) is 11.6 Å². The van der Waals surface area contributed by atoms with Crippen molar-refractivity contribution in [2.75, 3.05) is 10.6 Å². The highest BCUT2D eigenvalue weighted by molar-refractivity contribution is 6.28. The van der Waals surface area contributed by atoms with Gasteiger partial charge in [-0.05, 0) is 32.4 Å². The Bertz CT molecular complexity index is 881. The van der Waals surface area contributed by atoms with Gasteiger partial charge in [0.1, 0.15) is 5.82 Å². The van der Waals surface area contributed by atoms with Crippen molar-refractivity contribution in [3.63, 3.8) is 0 Å². The molecule has 0 aliphatic heterocycles. The number of rotatable bonds is 6. The fourth-order valence-electron chi connectivity index (χ4n) is 2.07. The molecule has 0 saturated carbocycles. The molecular weight excluding hydrogens is 361 g/mol. The van der Waals surface area contributed by atoms with E-state index in [0.717, 1.165) is 12.4 Å². The normalized spacial score (nSPS) is 12.2. The Hall–Kier alpha value is -2.88. The number of hydrogen-bond donors (Lipinski definition) is 2. The summed E-state index contributed by atoms with van der Waals surface area (Å²) in [5.41, 5.74) is 0. The van der Waals surface area contributed by atoms with Gasteiger partial charge in [-0.15, -0.1) is 0 Å². The monoisotopic (exact) mass is 377 g/mol. The van der Waals surface area contributed by atoms with Gasteiger partial charge in [0.2, 0.25) is 17.2 Å². The molecule has 0 fully saturated rings.